The molecule has 4 heteroatoms. The number of hydrogen-bond donors (Lipinski definition) is 0. The van der Waals surface area contributed by atoms with E-state index in [-0.39, 0.29) is 0 Å². The number of benzene rings is 9. The molecule has 11 aromatic rings. The van der Waals surface area contributed by atoms with Crippen LogP contribution >= 0.6 is 0 Å². The molecule has 0 amide bonds. The van der Waals surface area contributed by atoms with Crippen LogP contribution in [0.3, 0.4) is 0 Å². The van der Waals surface area contributed by atoms with Gasteiger partial charge in [0, 0.05) is 21.9 Å². The molecule has 9 aromatic carbocycles. The van der Waals surface area contributed by atoms with Crippen LogP contribution < -0.4 is 0 Å². The van der Waals surface area contributed by atoms with Gasteiger partial charge in [-0.1, -0.05) is 146 Å². The molecule has 53 heavy (non-hydrogen) atoms. The van der Waals surface area contributed by atoms with Gasteiger partial charge in [-0.3, -0.25) is 4.57 Å². The van der Waals surface area contributed by atoms with Crippen molar-refractivity contribution in [2.75, 3.05) is 0 Å². The molecule has 0 saturated heterocycles. The molecule has 0 atom stereocenters. The van der Waals surface area contributed by atoms with Gasteiger partial charge < -0.3 is 0 Å². The molecule has 0 radical (unpaired) electrons. The molecule has 0 N–H and O–H groups in total. The van der Waals surface area contributed by atoms with Crippen LogP contribution in [0.25, 0.3) is 116 Å². The van der Waals surface area contributed by atoms with Gasteiger partial charge in [-0.2, -0.15) is 9.97 Å². The molecule has 12 rings (SSSR count). The fraction of sp³-hybridized carbons (Fsp3) is 0. The Morgan fingerprint density at radius 3 is 1.55 bits per heavy atom. The van der Waals surface area contributed by atoms with Crippen molar-refractivity contribution in [3.05, 3.63) is 170 Å². The van der Waals surface area contributed by atoms with Crippen LogP contribution in [0.2, 0.25) is 0 Å². The first kappa shape index (κ1) is 28.5. The first-order valence-electron chi connectivity index (χ1n) is 18.0. The highest BCUT2D eigenvalue weighted by atomic mass is 15.2. The smallest absolute Gasteiger partial charge is 0.238 e. The van der Waals surface area contributed by atoms with Crippen LogP contribution in [0.1, 0.15) is 0 Å². The molecule has 2 aromatic heterocycles. The van der Waals surface area contributed by atoms with Crippen molar-refractivity contribution in [2.24, 2.45) is 0 Å². The second-order valence-corrected chi connectivity index (χ2v) is 14.0. The Morgan fingerprint density at radius 1 is 0.321 bits per heavy atom. The van der Waals surface area contributed by atoms with Gasteiger partial charge in [0.2, 0.25) is 5.95 Å². The van der Waals surface area contributed by atoms with Gasteiger partial charge in [-0.05, 0) is 89.6 Å². The van der Waals surface area contributed by atoms with E-state index in [0.717, 1.165) is 32.9 Å². The van der Waals surface area contributed by atoms with Crippen molar-refractivity contribution in [3.8, 4) is 51.0 Å². The average Bonchev–Trinajstić information content (AvgIpc) is 3.74. The first-order valence-corrected chi connectivity index (χ1v) is 18.0. The van der Waals surface area contributed by atoms with E-state index >= 15 is 0 Å². The highest BCUT2D eigenvalue weighted by Gasteiger charge is 2.27. The monoisotopic (exact) mass is 672 g/mol. The Labute approximate surface area is 304 Å². The third-order valence-corrected chi connectivity index (χ3v) is 11.1. The lowest BCUT2D eigenvalue weighted by Gasteiger charge is -2.12. The zero-order valence-corrected chi connectivity index (χ0v) is 28.5. The van der Waals surface area contributed by atoms with E-state index < -0.39 is 0 Å². The van der Waals surface area contributed by atoms with Gasteiger partial charge >= 0.3 is 0 Å². The van der Waals surface area contributed by atoms with E-state index in [1.54, 1.807) is 0 Å². The highest BCUT2D eigenvalue weighted by molar-refractivity contribution is 6.33. The van der Waals surface area contributed by atoms with Gasteiger partial charge in [0.05, 0.1) is 11.0 Å². The minimum absolute atomic E-state index is 0.593. The van der Waals surface area contributed by atoms with Crippen LogP contribution in [0.5, 0.6) is 0 Å². The minimum atomic E-state index is 0.593. The van der Waals surface area contributed by atoms with Crippen molar-refractivity contribution >= 4 is 64.9 Å². The van der Waals surface area contributed by atoms with Crippen molar-refractivity contribution in [3.63, 3.8) is 0 Å². The number of hydrogen-bond acceptors (Lipinski definition) is 3. The van der Waals surface area contributed by atoms with Gasteiger partial charge in [-0.25, -0.2) is 4.98 Å². The van der Waals surface area contributed by atoms with E-state index in [1.165, 1.54) is 65.3 Å². The second kappa shape index (κ2) is 10.7. The topological polar surface area (TPSA) is 43.6 Å². The van der Waals surface area contributed by atoms with Crippen LogP contribution in [-0.4, -0.2) is 19.5 Å². The standard InChI is InChI=1S/C49H28N4/c1-3-13-32-26-34(22-20-29(32)10-1)47-50-48(35-23-21-30-11-2-4-14-33(30)27-35)52-49(51-47)53-42-25-24-31-12-5-6-15-36(31)45(42)46-40-19-9-18-39-37-16-7-8-17-38(37)41(44(39)40)28-43(46)53/h1-28H. The molecule has 2 heterocycles. The summed E-state index contributed by atoms with van der Waals surface area (Å²) < 4.78 is 2.28. The molecule has 0 unspecified atom stereocenters. The number of nitrogens with zero attached hydrogens (tertiary/aromatic N) is 4. The van der Waals surface area contributed by atoms with Gasteiger partial charge in [0.1, 0.15) is 0 Å². The maximum Gasteiger partial charge on any atom is 0.238 e. The van der Waals surface area contributed by atoms with E-state index in [4.69, 9.17) is 15.0 Å². The molecule has 4 nitrogen and oxygen atoms in total. The maximum absolute atomic E-state index is 5.35. The van der Waals surface area contributed by atoms with Gasteiger partial charge in [0.25, 0.3) is 0 Å². The number of fused-ring (bicyclic) bond motifs is 11. The summed E-state index contributed by atoms with van der Waals surface area (Å²) in [6, 6.07) is 60.8. The summed E-state index contributed by atoms with van der Waals surface area (Å²) in [6.07, 6.45) is 0. The third kappa shape index (κ3) is 4.09. The van der Waals surface area contributed by atoms with E-state index in [9.17, 15) is 0 Å². The molecule has 0 spiro atoms. The van der Waals surface area contributed by atoms with Gasteiger partial charge in [0.15, 0.2) is 11.6 Å². The predicted molar refractivity (Wildman–Crippen MR) is 219 cm³/mol. The Balaban J connectivity index is 1.23. The van der Waals surface area contributed by atoms with Crippen molar-refractivity contribution in [2.45, 2.75) is 0 Å². The largest absolute Gasteiger partial charge is 0.278 e. The third-order valence-electron chi connectivity index (χ3n) is 11.1. The minimum Gasteiger partial charge on any atom is -0.278 e. The number of rotatable bonds is 3. The maximum atomic E-state index is 5.35. The Bertz CT molecular complexity index is 3260. The van der Waals surface area contributed by atoms with E-state index in [1.807, 2.05) is 0 Å². The molecular formula is C49H28N4. The molecule has 0 aliphatic heterocycles. The van der Waals surface area contributed by atoms with Gasteiger partial charge in [-0.15, -0.1) is 0 Å². The lowest BCUT2D eigenvalue weighted by Crippen LogP contribution is -2.06. The Morgan fingerprint density at radius 2 is 0.849 bits per heavy atom. The zero-order valence-electron chi connectivity index (χ0n) is 28.5. The van der Waals surface area contributed by atoms with E-state index in [0.29, 0.717) is 17.6 Å². The van der Waals surface area contributed by atoms with E-state index in [2.05, 4.69) is 174 Å². The normalized spacial score (nSPS) is 12.2. The summed E-state index contributed by atoms with van der Waals surface area (Å²) in [5, 5.41) is 12.0. The summed E-state index contributed by atoms with van der Waals surface area (Å²) in [5.74, 6) is 1.87. The lowest BCUT2D eigenvalue weighted by atomic mass is 9.96. The van der Waals surface area contributed by atoms with Crippen molar-refractivity contribution in [1.82, 2.24) is 19.5 Å². The molecular weight excluding hydrogens is 645 g/mol. The highest BCUT2D eigenvalue weighted by Crippen LogP contribution is 2.51. The SMILES string of the molecule is c1ccc2c(c1)-c1cccc3c1c-2cc1c3c2c3ccccc3ccc2n1-c1nc(-c2ccc3ccccc3c2)nc(-c2ccc3ccccc3c2)n1. The van der Waals surface area contributed by atoms with Crippen LogP contribution in [-0.2, 0) is 0 Å². The van der Waals surface area contributed by atoms with Crippen molar-refractivity contribution < 1.29 is 0 Å². The summed E-state index contributed by atoms with van der Waals surface area (Å²) in [6.45, 7) is 0. The van der Waals surface area contributed by atoms with Crippen LogP contribution in [0, 0.1) is 0 Å². The lowest BCUT2D eigenvalue weighted by molar-refractivity contribution is 0.954. The zero-order chi connectivity index (χ0) is 34.6. The quantitative estimate of drug-likeness (QED) is 0.188. The summed E-state index contributed by atoms with van der Waals surface area (Å²) in [7, 11) is 0. The Kier molecular flexibility index (Phi) is 5.74. The summed E-state index contributed by atoms with van der Waals surface area (Å²) in [5.41, 5.74) is 9.10. The summed E-state index contributed by atoms with van der Waals surface area (Å²) >= 11 is 0. The number of aromatic nitrogens is 4. The predicted octanol–water partition coefficient (Wildman–Crippen LogP) is 12.6. The molecule has 0 bridgehead atoms. The second-order valence-electron chi connectivity index (χ2n) is 14.0. The molecule has 1 aliphatic carbocycles. The van der Waals surface area contributed by atoms with Crippen LogP contribution in [0.4, 0.5) is 0 Å². The fourth-order valence-electron chi connectivity index (χ4n) is 8.73. The fourth-order valence-corrected chi connectivity index (χ4v) is 8.73. The summed E-state index contributed by atoms with van der Waals surface area (Å²) in [4.78, 5) is 15.9. The van der Waals surface area contributed by atoms with Crippen molar-refractivity contribution in [1.29, 1.82) is 0 Å². The average molecular weight is 673 g/mol. The molecule has 0 fully saturated rings. The molecule has 0 saturated carbocycles. The van der Waals surface area contributed by atoms with Crippen LogP contribution in [0.15, 0.2) is 170 Å². The Hall–Kier alpha value is -7.17. The first-order chi connectivity index (χ1) is 26.3. The molecule has 244 valence electrons. The molecule has 1 aliphatic rings.